The lowest BCUT2D eigenvalue weighted by atomic mass is 9.85. The van der Waals surface area contributed by atoms with Gasteiger partial charge in [-0.25, -0.2) is 0 Å². The van der Waals surface area contributed by atoms with Crippen LogP contribution in [0.4, 0.5) is 5.69 Å². The Hall–Kier alpha value is -4.15. The summed E-state index contributed by atoms with van der Waals surface area (Å²) in [6, 6.07) is 7.96. The van der Waals surface area contributed by atoms with Gasteiger partial charge in [-0.3, -0.25) is 25.2 Å². The minimum absolute atomic E-state index is 0.0182. The molecule has 0 spiro atoms. The Morgan fingerprint density at radius 3 is 1.83 bits per heavy atom. The summed E-state index contributed by atoms with van der Waals surface area (Å²) in [7, 11) is 7.35. The molecule has 3 N–H and O–H groups in total. The second-order valence-electron chi connectivity index (χ2n) is 8.55. The molecule has 0 aromatic heterocycles. The first-order valence-corrected chi connectivity index (χ1v) is 11.0. The van der Waals surface area contributed by atoms with Crippen LogP contribution in [0.5, 0.6) is 28.7 Å². The second kappa shape index (κ2) is 12.5. The molecule has 36 heavy (non-hydrogen) atoms. The van der Waals surface area contributed by atoms with E-state index in [2.05, 4.69) is 16.2 Å². The van der Waals surface area contributed by atoms with Gasteiger partial charge in [-0.2, -0.15) is 0 Å². The smallest absolute Gasteiger partial charge is 0.269 e. The van der Waals surface area contributed by atoms with Crippen molar-refractivity contribution >= 4 is 23.4 Å². The average molecular weight is 504 g/mol. The molecule has 0 atom stereocenters. The lowest BCUT2D eigenvalue weighted by Gasteiger charge is -2.23. The number of carbonyl (C=O) groups excluding carboxylic acids is 3. The van der Waals surface area contributed by atoms with E-state index in [1.165, 1.54) is 47.7 Å². The summed E-state index contributed by atoms with van der Waals surface area (Å²) < 4.78 is 26.2. The number of ether oxygens (including phenoxy) is 5. The first kappa shape index (κ1) is 28.1. The molecule has 196 valence electrons. The fourth-order valence-electron chi connectivity index (χ4n) is 3.48. The van der Waals surface area contributed by atoms with Crippen LogP contribution in [0.1, 0.15) is 37.0 Å². The molecule has 0 saturated carbocycles. The number of rotatable bonds is 11. The zero-order valence-corrected chi connectivity index (χ0v) is 21.6. The van der Waals surface area contributed by atoms with Gasteiger partial charge in [0.1, 0.15) is 11.5 Å². The SMILES string of the molecule is COc1ccc(NC(=O)CC(C)(C)CC(=O)NNC(=O)c2cc(OC)c(OC)c(OC)c2)c(OC)c1. The number of amides is 3. The van der Waals surface area contributed by atoms with Crippen molar-refractivity contribution in [1.82, 2.24) is 10.9 Å². The highest BCUT2D eigenvalue weighted by Crippen LogP contribution is 2.38. The summed E-state index contributed by atoms with van der Waals surface area (Å²) in [5.41, 5.74) is 4.71. The van der Waals surface area contributed by atoms with Crippen LogP contribution in [0.2, 0.25) is 0 Å². The van der Waals surface area contributed by atoms with Gasteiger partial charge in [0, 0.05) is 24.5 Å². The molecular weight excluding hydrogens is 470 g/mol. The van der Waals surface area contributed by atoms with Crippen molar-refractivity contribution in [3.8, 4) is 28.7 Å². The van der Waals surface area contributed by atoms with E-state index < -0.39 is 17.2 Å². The summed E-state index contributed by atoms with van der Waals surface area (Å²) in [5.74, 6) is 0.650. The van der Waals surface area contributed by atoms with Crippen LogP contribution in [0.25, 0.3) is 0 Å². The molecule has 0 bridgehead atoms. The van der Waals surface area contributed by atoms with Crippen LogP contribution in [0, 0.1) is 5.41 Å². The molecular formula is C25H33N3O8. The summed E-state index contributed by atoms with van der Waals surface area (Å²) >= 11 is 0. The highest BCUT2D eigenvalue weighted by molar-refractivity contribution is 5.97. The number of nitrogens with one attached hydrogen (secondary N) is 3. The molecule has 0 aliphatic carbocycles. The Labute approximate surface area is 210 Å². The van der Waals surface area contributed by atoms with E-state index in [-0.39, 0.29) is 24.3 Å². The lowest BCUT2D eigenvalue weighted by Crippen LogP contribution is -2.43. The Bertz CT molecular complexity index is 1080. The van der Waals surface area contributed by atoms with E-state index >= 15 is 0 Å². The van der Waals surface area contributed by atoms with Crippen molar-refractivity contribution in [3.63, 3.8) is 0 Å². The standard InChI is InChI=1S/C25H33N3O8/c1-25(2,13-21(29)26-17-9-8-16(32-3)12-18(17)33-4)14-22(30)27-28-24(31)15-10-19(34-5)23(36-7)20(11-15)35-6/h8-12H,13-14H2,1-7H3,(H,26,29)(H,27,30)(H,28,31). The molecule has 0 heterocycles. The fraction of sp³-hybridized carbons (Fsp3) is 0.400. The van der Waals surface area contributed by atoms with E-state index in [0.29, 0.717) is 34.4 Å². The third-order valence-corrected chi connectivity index (χ3v) is 5.20. The van der Waals surface area contributed by atoms with Crippen LogP contribution in [0.15, 0.2) is 30.3 Å². The molecule has 3 amide bonds. The number of anilines is 1. The topological polar surface area (TPSA) is 133 Å². The third-order valence-electron chi connectivity index (χ3n) is 5.20. The Kier molecular flexibility index (Phi) is 9.77. The summed E-state index contributed by atoms with van der Waals surface area (Å²) in [5, 5.41) is 2.79. The van der Waals surface area contributed by atoms with Crippen LogP contribution in [0.3, 0.4) is 0 Å². The highest BCUT2D eigenvalue weighted by Gasteiger charge is 2.26. The number of hydrazine groups is 1. The lowest BCUT2D eigenvalue weighted by molar-refractivity contribution is -0.124. The average Bonchev–Trinajstić information content (AvgIpc) is 2.85. The first-order valence-electron chi connectivity index (χ1n) is 11.0. The van der Waals surface area contributed by atoms with E-state index in [0.717, 1.165) is 0 Å². The Morgan fingerprint density at radius 2 is 1.31 bits per heavy atom. The van der Waals surface area contributed by atoms with Crippen LogP contribution >= 0.6 is 0 Å². The maximum absolute atomic E-state index is 12.6. The third kappa shape index (κ3) is 7.42. The molecule has 11 nitrogen and oxygen atoms in total. The van der Waals surface area contributed by atoms with Crippen LogP contribution in [-0.4, -0.2) is 53.3 Å². The molecule has 0 saturated heterocycles. The maximum Gasteiger partial charge on any atom is 0.269 e. The molecule has 0 radical (unpaired) electrons. The van der Waals surface area contributed by atoms with Crippen molar-refractivity contribution in [2.45, 2.75) is 26.7 Å². The monoisotopic (exact) mass is 503 g/mol. The van der Waals surface area contributed by atoms with Gasteiger partial charge in [0.05, 0.1) is 41.2 Å². The number of benzene rings is 2. The predicted molar refractivity (Wildman–Crippen MR) is 133 cm³/mol. The van der Waals surface area contributed by atoms with Crippen molar-refractivity contribution in [1.29, 1.82) is 0 Å². The minimum Gasteiger partial charge on any atom is -0.497 e. The van der Waals surface area contributed by atoms with Gasteiger partial charge in [0.2, 0.25) is 17.6 Å². The molecule has 11 heteroatoms. The molecule has 0 aliphatic rings. The van der Waals surface area contributed by atoms with Crippen molar-refractivity contribution in [3.05, 3.63) is 35.9 Å². The van der Waals surface area contributed by atoms with Gasteiger partial charge in [-0.15, -0.1) is 0 Å². The molecule has 0 fully saturated rings. The molecule has 2 aromatic rings. The highest BCUT2D eigenvalue weighted by atomic mass is 16.5. The van der Waals surface area contributed by atoms with E-state index in [9.17, 15) is 14.4 Å². The zero-order valence-electron chi connectivity index (χ0n) is 21.6. The predicted octanol–water partition coefficient (Wildman–Crippen LogP) is 2.94. The van der Waals surface area contributed by atoms with Crippen molar-refractivity contribution < 1.29 is 38.1 Å². The molecule has 0 unspecified atom stereocenters. The van der Waals surface area contributed by atoms with Crippen molar-refractivity contribution in [2.75, 3.05) is 40.9 Å². The number of methoxy groups -OCH3 is 5. The van der Waals surface area contributed by atoms with Crippen LogP contribution in [-0.2, 0) is 9.59 Å². The zero-order chi connectivity index (χ0) is 26.9. The summed E-state index contributed by atoms with van der Waals surface area (Å²) in [6.45, 7) is 3.55. The van der Waals surface area contributed by atoms with Gasteiger partial charge < -0.3 is 29.0 Å². The maximum atomic E-state index is 12.6. The van der Waals surface area contributed by atoms with Gasteiger partial charge in [-0.05, 0) is 29.7 Å². The second-order valence-corrected chi connectivity index (χ2v) is 8.55. The molecule has 2 rings (SSSR count). The van der Waals surface area contributed by atoms with E-state index in [1.54, 1.807) is 32.0 Å². The Balaban J connectivity index is 1.96. The van der Waals surface area contributed by atoms with Gasteiger partial charge >= 0.3 is 0 Å². The van der Waals surface area contributed by atoms with E-state index in [4.69, 9.17) is 23.7 Å². The van der Waals surface area contributed by atoms with Gasteiger partial charge in [0.15, 0.2) is 11.5 Å². The number of hydrogen-bond donors (Lipinski definition) is 3. The summed E-state index contributed by atoms with van der Waals surface area (Å²) in [4.78, 5) is 37.7. The molecule has 0 aliphatic heterocycles. The van der Waals surface area contributed by atoms with Gasteiger partial charge in [-0.1, -0.05) is 13.8 Å². The van der Waals surface area contributed by atoms with Gasteiger partial charge in [0.25, 0.3) is 5.91 Å². The Morgan fingerprint density at radius 1 is 0.722 bits per heavy atom. The quantitative estimate of drug-likeness (QED) is 0.399. The normalized spacial score (nSPS) is 10.6. The fourth-order valence-corrected chi connectivity index (χ4v) is 3.48. The number of hydrogen-bond acceptors (Lipinski definition) is 8. The first-order chi connectivity index (χ1) is 17.1. The number of carbonyl (C=O) groups is 3. The van der Waals surface area contributed by atoms with Crippen molar-refractivity contribution in [2.24, 2.45) is 5.41 Å². The molecule has 2 aromatic carbocycles. The van der Waals surface area contributed by atoms with E-state index in [1.807, 2.05) is 0 Å². The minimum atomic E-state index is -0.703. The van der Waals surface area contributed by atoms with Crippen LogP contribution < -0.4 is 39.9 Å². The largest absolute Gasteiger partial charge is 0.497 e. The summed E-state index contributed by atoms with van der Waals surface area (Å²) in [6.07, 6.45) is 0.0339.